The molecule has 0 heterocycles. The van der Waals surface area contributed by atoms with E-state index in [1.807, 2.05) is 6.92 Å². The second-order valence-corrected chi connectivity index (χ2v) is 3.70. The third-order valence-electron chi connectivity index (χ3n) is 2.44. The van der Waals surface area contributed by atoms with E-state index in [0.29, 0.717) is 6.54 Å². The molecule has 0 aliphatic heterocycles. The van der Waals surface area contributed by atoms with Crippen LogP contribution in [0, 0.1) is 0 Å². The normalized spacial score (nSPS) is 20.1. The summed E-state index contributed by atoms with van der Waals surface area (Å²) in [6.45, 7) is 4.39. The molecule has 0 saturated carbocycles. The summed E-state index contributed by atoms with van der Waals surface area (Å²) in [6.07, 6.45) is 2.49. The molecule has 0 aliphatic rings. The van der Waals surface area contributed by atoms with Crippen molar-refractivity contribution in [1.29, 1.82) is 0 Å². The number of hydrogen-bond acceptors (Lipinski definition) is 2. The molecular formula is C11H21F2NO. The van der Waals surface area contributed by atoms with Gasteiger partial charge in [-0.25, -0.2) is 8.78 Å². The topological polar surface area (TPSA) is 32.3 Å². The smallest absolute Gasteiger partial charge is 0.142 e. The van der Waals surface area contributed by atoms with Gasteiger partial charge >= 0.3 is 0 Å². The van der Waals surface area contributed by atoms with E-state index in [2.05, 4.69) is 5.32 Å². The van der Waals surface area contributed by atoms with Crippen molar-refractivity contribution in [2.45, 2.75) is 45.0 Å². The molecule has 0 spiro atoms. The van der Waals surface area contributed by atoms with Crippen molar-refractivity contribution >= 4 is 0 Å². The Labute approximate surface area is 90.4 Å². The van der Waals surface area contributed by atoms with Crippen LogP contribution in [0.1, 0.15) is 27.2 Å². The molecule has 0 aromatic carbocycles. The van der Waals surface area contributed by atoms with Gasteiger partial charge in [-0.3, -0.25) is 0 Å². The highest BCUT2D eigenvalue weighted by Gasteiger charge is 2.41. The zero-order valence-corrected chi connectivity index (χ0v) is 9.63. The van der Waals surface area contributed by atoms with Crippen LogP contribution in [0.2, 0.25) is 0 Å². The van der Waals surface area contributed by atoms with Crippen molar-refractivity contribution in [1.82, 2.24) is 5.32 Å². The van der Waals surface area contributed by atoms with Gasteiger partial charge in [-0.15, -0.1) is 0 Å². The molecule has 0 amide bonds. The third-order valence-corrected chi connectivity index (χ3v) is 2.44. The molecular weight excluding hydrogens is 200 g/mol. The Kier molecular flexibility index (Phi) is 6.68. The number of hydrogen-bond donors (Lipinski definition) is 2. The Balaban J connectivity index is 4.68. The minimum atomic E-state index is -1.97. The first-order valence-corrected chi connectivity index (χ1v) is 5.31. The van der Waals surface area contributed by atoms with Gasteiger partial charge in [0.05, 0.1) is 6.04 Å². The van der Waals surface area contributed by atoms with Gasteiger partial charge in [0.25, 0.3) is 0 Å². The summed E-state index contributed by atoms with van der Waals surface area (Å²) >= 11 is 0. The molecule has 3 atom stereocenters. The van der Waals surface area contributed by atoms with Crippen molar-refractivity contribution in [3.8, 4) is 0 Å². The highest BCUT2D eigenvalue weighted by molar-refractivity contribution is 5.06. The number of nitrogens with one attached hydrogen (secondary N) is 1. The SMILES string of the molecule is C/C=C\C(NCCC)C(O)(CF)C(C)F. The molecule has 3 unspecified atom stereocenters. The van der Waals surface area contributed by atoms with Gasteiger partial charge in [0.1, 0.15) is 18.4 Å². The highest BCUT2D eigenvalue weighted by Crippen LogP contribution is 2.20. The molecule has 90 valence electrons. The van der Waals surface area contributed by atoms with Crippen molar-refractivity contribution in [2.24, 2.45) is 0 Å². The van der Waals surface area contributed by atoms with Gasteiger partial charge in [0.2, 0.25) is 0 Å². The van der Waals surface area contributed by atoms with Crippen LogP contribution in [0.25, 0.3) is 0 Å². The summed E-state index contributed by atoms with van der Waals surface area (Å²) in [4.78, 5) is 0. The highest BCUT2D eigenvalue weighted by atomic mass is 19.1. The largest absolute Gasteiger partial charge is 0.382 e. The van der Waals surface area contributed by atoms with E-state index in [-0.39, 0.29) is 0 Å². The summed E-state index contributed by atoms with van der Waals surface area (Å²) in [5, 5.41) is 12.8. The van der Waals surface area contributed by atoms with E-state index in [0.717, 1.165) is 6.42 Å². The summed E-state index contributed by atoms with van der Waals surface area (Å²) < 4.78 is 25.9. The molecule has 2 N–H and O–H groups in total. The molecule has 0 aliphatic carbocycles. The average molecular weight is 221 g/mol. The number of halogens is 2. The Bertz CT molecular complexity index is 197. The lowest BCUT2D eigenvalue weighted by molar-refractivity contribution is -0.0624. The van der Waals surface area contributed by atoms with E-state index in [1.54, 1.807) is 19.1 Å². The zero-order chi connectivity index (χ0) is 11.9. The van der Waals surface area contributed by atoms with Gasteiger partial charge in [0, 0.05) is 0 Å². The fourth-order valence-corrected chi connectivity index (χ4v) is 1.34. The molecule has 4 heteroatoms. The third kappa shape index (κ3) is 3.87. The number of allylic oxidation sites excluding steroid dienone is 1. The maximum absolute atomic E-state index is 13.2. The summed E-state index contributed by atoms with van der Waals surface area (Å²) in [6, 6.07) is -0.688. The predicted octanol–water partition coefficient (Wildman–Crippen LogP) is 1.99. The molecule has 0 aromatic heterocycles. The molecule has 15 heavy (non-hydrogen) atoms. The van der Waals surface area contributed by atoms with Crippen LogP contribution in [-0.2, 0) is 0 Å². The lowest BCUT2D eigenvalue weighted by Crippen LogP contribution is -2.56. The van der Waals surface area contributed by atoms with E-state index in [4.69, 9.17) is 0 Å². The summed E-state index contributed by atoms with van der Waals surface area (Å²) in [5.74, 6) is 0. The van der Waals surface area contributed by atoms with E-state index in [1.165, 1.54) is 6.92 Å². The average Bonchev–Trinajstić information content (AvgIpc) is 2.22. The van der Waals surface area contributed by atoms with Crippen LogP contribution in [-0.4, -0.2) is 36.1 Å². The molecule has 0 rings (SSSR count). The first-order valence-electron chi connectivity index (χ1n) is 5.31. The Hall–Kier alpha value is -0.480. The monoisotopic (exact) mass is 221 g/mol. The van der Waals surface area contributed by atoms with E-state index < -0.39 is 24.5 Å². The fourth-order valence-electron chi connectivity index (χ4n) is 1.34. The second-order valence-electron chi connectivity index (χ2n) is 3.70. The van der Waals surface area contributed by atoms with Crippen molar-refractivity contribution in [2.75, 3.05) is 13.2 Å². The van der Waals surface area contributed by atoms with Gasteiger partial charge in [-0.1, -0.05) is 19.1 Å². The maximum atomic E-state index is 13.2. The number of aliphatic hydroxyl groups is 1. The van der Waals surface area contributed by atoms with Crippen LogP contribution in [0.4, 0.5) is 8.78 Å². The quantitative estimate of drug-likeness (QED) is 0.644. The molecule has 0 fully saturated rings. The van der Waals surface area contributed by atoms with Crippen molar-refractivity contribution in [3.05, 3.63) is 12.2 Å². The zero-order valence-electron chi connectivity index (χ0n) is 9.63. The summed E-state index contributed by atoms with van der Waals surface area (Å²) in [5.41, 5.74) is -1.97. The molecule has 0 saturated heterocycles. The van der Waals surface area contributed by atoms with Crippen LogP contribution in [0.5, 0.6) is 0 Å². The Morgan fingerprint density at radius 3 is 2.47 bits per heavy atom. The van der Waals surface area contributed by atoms with E-state index in [9.17, 15) is 13.9 Å². The lowest BCUT2D eigenvalue weighted by Gasteiger charge is -2.34. The second kappa shape index (κ2) is 6.90. The van der Waals surface area contributed by atoms with Crippen LogP contribution in [0.3, 0.4) is 0 Å². The maximum Gasteiger partial charge on any atom is 0.142 e. The van der Waals surface area contributed by atoms with Gasteiger partial charge in [-0.05, 0) is 26.8 Å². The summed E-state index contributed by atoms with van der Waals surface area (Å²) in [7, 11) is 0. The molecule has 2 nitrogen and oxygen atoms in total. The van der Waals surface area contributed by atoms with Gasteiger partial charge < -0.3 is 10.4 Å². The number of rotatable bonds is 7. The fraction of sp³-hybridized carbons (Fsp3) is 0.818. The Morgan fingerprint density at radius 1 is 1.53 bits per heavy atom. The van der Waals surface area contributed by atoms with Gasteiger partial charge in [0.15, 0.2) is 0 Å². The van der Waals surface area contributed by atoms with E-state index >= 15 is 0 Å². The Morgan fingerprint density at radius 2 is 2.13 bits per heavy atom. The predicted molar refractivity (Wildman–Crippen MR) is 58.4 cm³/mol. The van der Waals surface area contributed by atoms with Crippen LogP contribution >= 0.6 is 0 Å². The minimum absolute atomic E-state index is 0.615. The lowest BCUT2D eigenvalue weighted by atomic mass is 9.90. The van der Waals surface area contributed by atoms with Crippen LogP contribution in [0.15, 0.2) is 12.2 Å². The minimum Gasteiger partial charge on any atom is -0.382 e. The first kappa shape index (κ1) is 14.5. The molecule has 0 bridgehead atoms. The van der Waals surface area contributed by atoms with Gasteiger partial charge in [-0.2, -0.15) is 0 Å². The standard InChI is InChI=1S/C11H21F2NO/c1-4-6-10(14-7-5-2)11(15,8-12)9(3)13/h4,6,9-10,14-15H,5,7-8H2,1-3H3/b6-4-. The van der Waals surface area contributed by atoms with Crippen molar-refractivity contribution < 1.29 is 13.9 Å². The van der Waals surface area contributed by atoms with Crippen molar-refractivity contribution in [3.63, 3.8) is 0 Å². The molecule has 0 aromatic rings. The number of alkyl halides is 2. The molecule has 0 radical (unpaired) electrons. The first-order chi connectivity index (χ1) is 7.02. The van der Waals surface area contributed by atoms with Crippen LogP contribution < -0.4 is 5.32 Å².